The molecule has 0 radical (unpaired) electrons. The topological polar surface area (TPSA) is 15.7 Å². The summed E-state index contributed by atoms with van der Waals surface area (Å²) in [5, 5.41) is 0. The zero-order valence-corrected chi connectivity index (χ0v) is 15.9. The lowest BCUT2D eigenvalue weighted by molar-refractivity contribution is 0.0109. The Morgan fingerprint density at radius 2 is 1.78 bits per heavy atom. The fourth-order valence-electron chi connectivity index (χ4n) is 5.03. The first kappa shape index (κ1) is 17.4. The number of likely N-dealkylation sites (N-methyl/N-ethyl adjacent to an activating group) is 1. The molecular weight excluding hydrogens is 339 g/mol. The van der Waals surface area contributed by atoms with Gasteiger partial charge in [0.15, 0.2) is 0 Å². The molecule has 2 saturated heterocycles. The van der Waals surface area contributed by atoms with Gasteiger partial charge in [-0.15, -0.1) is 0 Å². The van der Waals surface area contributed by atoms with Crippen LogP contribution in [0.2, 0.25) is 0 Å². The molecule has 3 atom stereocenters. The Morgan fingerprint density at radius 3 is 2.63 bits per heavy atom. The first-order valence-corrected chi connectivity index (χ1v) is 10.1. The summed E-state index contributed by atoms with van der Waals surface area (Å²) in [4.78, 5) is 4.90. The van der Waals surface area contributed by atoms with Gasteiger partial charge in [-0.3, -0.25) is 4.90 Å². The third kappa shape index (κ3) is 3.31. The summed E-state index contributed by atoms with van der Waals surface area (Å²) >= 11 is 0. The minimum atomic E-state index is -0.162. The Labute approximate surface area is 160 Å². The molecular formula is C23H27FN2O. The van der Waals surface area contributed by atoms with Crippen LogP contribution in [-0.4, -0.2) is 55.7 Å². The first-order chi connectivity index (χ1) is 13.2. The zero-order valence-electron chi connectivity index (χ0n) is 15.9. The van der Waals surface area contributed by atoms with Crippen molar-refractivity contribution < 1.29 is 9.13 Å². The van der Waals surface area contributed by atoms with Crippen molar-refractivity contribution in [2.75, 3.05) is 39.8 Å². The minimum absolute atomic E-state index is 0.0307. The maximum Gasteiger partial charge on any atom is 0.123 e. The molecule has 0 aromatic heterocycles. The number of rotatable bonds is 2. The van der Waals surface area contributed by atoms with E-state index >= 15 is 0 Å². The number of hydrogen-bond donors (Lipinski definition) is 0. The molecule has 3 unspecified atom stereocenters. The maximum absolute atomic E-state index is 14.1. The van der Waals surface area contributed by atoms with Crippen LogP contribution >= 0.6 is 0 Å². The maximum atomic E-state index is 14.1. The van der Waals surface area contributed by atoms with Crippen LogP contribution in [0.1, 0.15) is 40.7 Å². The fraction of sp³-hybridized carbons (Fsp3) is 0.478. The molecule has 1 aliphatic carbocycles. The number of halogens is 1. The Kier molecular flexibility index (Phi) is 4.50. The highest BCUT2D eigenvalue weighted by Gasteiger charge is 2.41. The third-order valence-corrected chi connectivity index (χ3v) is 6.53. The second-order valence-corrected chi connectivity index (χ2v) is 8.34. The molecule has 2 aliphatic heterocycles. The first-order valence-electron chi connectivity index (χ1n) is 10.1. The minimum Gasteiger partial charge on any atom is -0.368 e. The van der Waals surface area contributed by atoms with Gasteiger partial charge >= 0.3 is 0 Å². The van der Waals surface area contributed by atoms with Crippen molar-refractivity contribution in [3.63, 3.8) is 0 Å². The summed E-state index contributed by atoms with van der Waals surface area (Å²) in [7, 11) is 2.18. The van der Waals surface area contributed by atoms with Gasteiger partial charge in [-0.25, -0.2) is 4.39 Å². The SMILES string of the molecule is CN1CCN(CC2CC3c4ccccc4Cc4ccc(F)cc4C3O2)CC1. The van der Waals surface area contributed by atoms with E-state index in [4.69, 9.17) is 4.74 Å². The van der Waals surface area contributed by atoms with Gasteiger partial charge in [-0.05, 0) is 54.3 Å². The molecule has 0 N–H and O–H groups in total. The van der Waals surface area contributed by atoms with Gasteiger partial charge in [0.2, 0.25) is 0 Å². The van der Waals surface area contributed by atoms with Gasteiger partial charge in [0.1, 0.15) is 5.82 Å². The monoisotopic (exact) mass is 366 g/mol. The molecule has 3 aliphatic rings. The van der Waals surface area contributed by atoms with E-state index in [2.05, 4.69) is 41.1 Å². The molecule has 2 heterocycles. The molecule has 4 heteroatoms. The number of benzene rings is 2. The fourth-order valence-corrected chi connectivity index (χ4v) is 5.03. The van der Waals surface area contributed by atoms with Gasteiger partial charge in [-0.1, -0.05) is 30.3 Å². The van der Waals surface area contributed by atoms with Gasteiger partial charge in [-0.2, -0.15) is 0 Å². The van der Waals surface area contributed by atoms with Crippen molar-refractivity contribution in [1.82, 2.24) is 9.80 Å². The molecule has 5 rings (SSSR count). The van der Waals surface area contributed by atoms with Crippen molar-refractivity contribution in [2.45, 2.75) is 31.0 Å². The Bertz CT molecular complexity index is 831. The largest absolute Gasteiger partial charge is 0.368 e. The summed E-state index contributed by atoms with van der Waals surface area (Å²) in [6.07, 6.45) is 2.07. The van der Waals surface area contributed by atoms with Crippen LogP contribution < -0.4 is 0 Å². The lowest BCUT2D eigenvalue weighted by Crippen LogP contribution is -2.46. The highest BCUT2D eigenvalue weighted by molar-refractivity contribution is 5.45. The Morgan fingerprint density at radius 1 is 1.00 bits per heavy atom. The summed E-state index contributed by atoms with van der Waals surface area (Å²) < 4.78 is 20.6. The van der Waals surface area contributed by atoms with Crippen molar-refractivity contribution >= 4 is 0 Å². The van der Waals surface area contributed by atoms with Crippen LogP contribution in [-0.2, 0) is 11.2 Å². The van der Waals surface area contributed by atoms with Crippen LogP contribution in [0.5, 0.6) is 0 Å². The van der Waals surface area contributed by atoms with Crippen LogP contribution in [0, 0.1) is 5.82 Å². The predicted molar refractivity (Wildman–Crippen MR) is 105 cm³/mol. The summed E-state index contributed by atoms with van der Waals surface area (Å²) in [6.45, 7) is 5.43. The van der Waals surface area contributed by atoms with Crippen molar-refractivity contribution in [3.05, 3.63) is 70.5 Å². The molecule has 0 bridgehead atoms. The van der Waals surface area contributed by atoms with E-state index in [0.29, 0.717) is 5.92 Å². The molecule has 0 saturated carbocycles. The number of ether oxygens (including phenoxy) is 1. The van der Waals surface area contributed by atoms with Crippen LogP contribution in [0.25, 0.3) is 0 Å². The quantitative estimate of drug-likeness (QED) is 0.808. The van der Waals surface area contributed by atoms with Crippen LogP contribution in [0.3, 0.4) is 0 Å². The van der Waals surface area contributed by atoms with Crippen molar-refractivity contribution in [2.24, 2.45) is 0 Å². The molecule has 142 valence electrons. The van der Waals surface area contributed by atoms with E-state index < -0.39 is 0 Å². The predicted octanol–water partition coefficient (Wildman–Crippen LogP) is 3.59. The molecule has 0 amide bonds. The zero-order chi connectivity index (χ0) is 18.4. The molecule has 3 nitrogen and oxygen atoms in total. The number of hydrogen-bond acceptors (Lipinski definition) is 3. The van der Waals surface area contributed by atoms with E-state index in [1.807, 2.05) is 6.07 Å². The van der Waals surface area contributed by atoms with Crippen molar-refractivity contribution in [1.29, 1.82) is 0 Å². The normalized spacial score (nSPS) is 28.3. The molecule has 0 spiro atoms. The van der Waals surface area contributed by atoms with Crippen molar-refractivity contribution in [3.8, 4) is 0 Å². The highest BCUT2D eigenvalue weighted by Crippen LogP contribution is 2.49. The molecule has 27 heavy (non-hydrogen) atoms. The summed E-state index contributed by atoms with van der Waals surface area (Å²) in [5.74, 6) is 0.159. The number of piperazine rings is 1. The number of nitrogens with zero attached hydrogens (tertiary/aromatic N) is 2. The van der Waals surface area contributed by atoms with E-state index in [1.165, 1.54) is 16.7 Å². The summed E-state index contributed by atoms with van der Waals surface area (Å²) in [6, 6.07) is 13.9. The van der Waals surface area contributed by atoms with Gasteiger partial charge < -0.3 is 9.64 Å². The average Bonchev–Trinajstić information content (AvgIpc) is 3.04. The molecule has 2 aromatic rings. The lowest BCUT2D eigenvalue weighted by atomic mass is 9.87. The van der Waals surface area contributed by atoms with E-state index in [0.717, 1.165) is 51.1 Å². The second kappa shape index (κ2) is 7.01. The van der Waals surface area contributed by atoms with E-state index in [-0.39, 0.29) is 18.0 Å². The lowest BCUT2D eigenvalue weighted by Gasteiger charge is -2.33. The Hall–Kier alpha value is -1.75. The summed E-state index contributed by atoms with van der Waals surface area (Å²) in [5.41, 5.74) is 5.01. The van der Waals surface area contributed by atoms with Crippen LogP contribution in [0.4, 0.5) is 4.39 Å². The van der Waals surface area contributed by atoms with Gasteiger partial charge in [0.05, 0.1) is 12.2 Å². The third-order valence-electron chi connectivity index (χ3n) is 6.53. The standard InChI is InChI=1S/C23H27FN2O/c1-25-8-10-26(11-9-25)15-19-14-22-20-5-3-2-4-16(20)12-17-6-7-18(24)13-21(17)23(22)27-19/h2-7,13,19,22-23H,8-12,14-15H2,1H3. The Balaban J connectivity index is 1.45. The molecule has 2 aromatic carbocycles. The average molecular weight is 366 g/mol. The van der Waals surface area contributed by atoms with Gasteiger partial charge in [0, 0.05) is 38.6 Å². The van der Waals surface area contributed by atoms with E-state index in [9.17, 15) is 4.39 Å². The smallest absolute Gasteiger partial charge is 0.123 e. The highest BCUT2D eigenvalue weighted by atomic mass is 19.1. The second-order valence-electron chi connectivity index (χ2n) is 8.34. The number of fused-ring (bicyclic) bond motifs is 5. The van der Waals surface area contributed by atoms with Gasteiger partial charge in [0.25, 0.3) is 0 Å². The van der Waals surface area contributed by atoms with E-state index in [1.54, 1.807) is 12.1 Å². The molecule has 2 fully saturated rings. The van der Waals surface area contributed by atoms with Crippen LogP contribution in [0.15, 0.2) is 42.5 Å².